The van der Waals surface area contributed by atoms with E-state index in [1.807, 2.05) is 26.1 Å². The molecule has 0 saturated heterocycles. The van der Waals surface area contributed by atoms with Crippen LogP contribution in [-0.2, 0) is 9.53 Å². The van der Waals surface area contributed by atoms with E-state index in [-0.39, 0.29) is 5.91 Å². The molecule has 2 rings (SSSR count). The highest BCUT2D eigenvalue weighted by atomic mass is 16.5. The van der Waals surface area contributed by atoms with Gasteiger partial charge in [0.05, 0.1) is 11.9 Å². The summed E-state index contributed by atoms with van der Waals surface area (Å²) in [7, 11) is 0. The van der Waals surface area contributed by atoms with Crippen LogP contribution in [0.25, 0.3) is 5.82 Å². The van der Waals surface area contributed by atoms with Crippen molar-refractivity contribution in [1.82, 2.24) is 14.5 Å². The predicted octanol–water partition coefficient (Wildman–Crippen LogP) is 2.27. The maximum absolute atomic E-state index is 12.0. The summed E-state index contributed by atoms with van der Waals surface area (Å²) in [6.45, 7) is 6.39. The zero-order valence-electron chi connectivity index (χ0n) is 12.5. The van der Waals surface area contributed by atoms with Crippen LogP contribution in [0.4, 0.5) is 5.69 Å². The number of carbonyl (C=O) groups is 1. The van der Waals surface area contributed by atoms with Gasteiger partial charge in [-0.2, -0.15) is 0 Å². The van der Waals surface area contributed by atoms with Crippen LogP contribution in [0.3, 0.4) is 0 Å². The number of hydrogen-bond acceptors (Lipinski definition) is 4. The van der Waals surface area contributed by atoms with Crippen molar-refractivity contribution in [3.63, 3.8) is 0 Å². The van der Waals surface area contributed by atoms with Crippen molar-refractivity contribution in [2.45, 2.75) is 26.9 Å². The van der Waals surface area contributed by atoms with Crippen molar-refractivity contribution >= 4 is 11.6 Å². The number of imidazole rings is 1. The number of anilines is 1. The fraction of sp³-hybridized carbons (Fsp3) is 0.400. The Bertz CT molecular complexity index is 564. The highest BCUT2D eigenvalue weighted by Crippen LogP contribution is 2.10. The van der Waals surface area contributed by atoms with Gasteiger partial charge in [-0.15, -0.1) is 0 Å². The molecule has 1 N–H and O–H groups in total. The molecule has 2 heterocycles. The Kier molecular flexibility index (Phi) is 5.05. The Morgan fingerprint density at radius 2 is 2.19 bits per heavy atom. The normalized spacial score (nSPS) is 12.4. The molecule has 0 aliphatic heterocycles. The van der Waals surface area contributed by atoms with Gasteiger partial charge >= 0.3 is 0 Å². The van der Waals surface area contributed by atoms with Gasteiger partial charge in [0.1, 0.15) is 18.2 Å². The van der Waals surface area contributed by atoms with Crippen LogP contribution in [0.1, 0.15) is 20.8 Å². The minimum absolute atomic E-state index is 0.173. The minimum Gasteiger partial charge on any atom is -0.368 e. The van der Waals surface area contributed by atoms with Crippen molar-refractivity contribution in [1.29, 1.82) is 0 Å². The molecule has 6 nitrogen and oxygen atoms in total. The summed E-state index contributed by atoms with van der Waals surface area (Å²) < 4.78 is 7.27. The third-order valence-electron chi connectivity index (χ3n) is 2.83. The summed E-state index contributed by atoms with van der Waals surface area (Å²) in [5.41, 5.74) is 0.642. The summed E-state index contributed by atoms with van der Waals surface area (Å²) in [6, 6.07) is 3.62. The Labute approximate surface area is 124 Å². The Morgan fingerprint density at radius 1 is 1.38 bits per heavy atom. The summed E-state index contributed by atoms with van der Waals surface area (Å²) in [5, 5.41) is 2.79. The average Bonchev–Trinajstić information content (AvgIpc) is 2.99. The minimum atomic E-state index is -0.485. The lowest BCUT2D eigenvalue weighted by molar-refractivity contribution is -0.126. The lowest BCUT2D eigenvalue weighted by Crippen LogP contribution is -2.29. The number of aromatic nitrogens is 3. The molecule has 0 saturated carbocycles. The largest absolute Gasteiger partial charge is 0.368 e. The molecule has 21 heavy (non-hydrogen) atoms. The Balaban J connectivity index is 1.92. The van der Waals surface area contributed by atoms with Crippen LogP contribution in [0.15, 0.2) is 37.1 Å². The molecule has 6 heteroatoms. The number of amides is 1. The van der Waals surface area contributed by atoms with Gasteiger partial charge in [0, 0.05) is 19.0 Å². The number of nitrogens with zero attached hydrogens (tertiary/aromatic N) is 3. The van der Waals surface area contributed by atoms with Crippen LogP contribution < -0.4 is 5.32 Å². The van der Waals surface area contributed by atoms with Crippen molar-refractivity contribution in [3.8, 4) is 5.82 Å². The van der Waals surface area contributed by atoms with Gasteiger partial charge in [-0.3, -0.25) is 9.36 Å². The Hall–Kier alpha value is -2.21. The highest BCUT2D eigenvalue weighted by molar-refractivity contribution is 5.93. The van der Waals surface area contributed by atoms with Crippen molar-refractivity contribution < 1.29 is 9.53 Å². The number of nitrogens with one attached hydrogen (secondary N) is 1. The van der Waals surface area contributed by atoms with Gasteiger partial charge < -0.3 is 10.1 Å². The molecule has 0 aliphatic carbocycles. The predicted molar refractivity (Wildman–Crippen MR) is 80.2 cm³/mol. The van der Waals surface area contributed by atoms with E-state index in [4.69, 9.17) is 4.74 Å². The van der Waals surface area contributed by atoms with Crippen molar-refractivity contribution in [2.24, 2.45) is 5.92 Å². The molecule has 0 fully saturated rings. The lowest BCUT2D eigenvalue weighted by atomic mass is 10.2. The van der Waals surface area contributed by atoms with Crippen molar-refractivity contribution in [3.05, 3.63) is 37.1 Å². The summed E-state index contributed by atoms with van der Waals surface area (Å²) in [6.07, 6.45) is 6.29. The SMILES string of the molecule is CC(C)CO[C@@H](C)C(=O)Nc1ccc(-n2ccnc2)nc1. The second-order valence-electron chi connectivity index (χ2n) is 5.23. The summed E-state index contributed by atoms with van der Waals surface area (Å²) >= 11 is 0. The van der Waals surface area contributed by atoms with E-state index < -0.39 is 6.10 Å². The van der Waals surface area contributed by atoms with E-state index in [9.17, 15) is 4.79 Å². The zero-order chi connectivity index (χ0) is 15.2. The van der Waals surface area contributed by atoms with E-state index in [0.29, 0.717) is 18.2 Å². The first-order chi connectivity index (χ1) is 10.1. The van der Waals surface area contributed by atoms with Crippen molar-refractivity contribution in [2.75, 3.05) is 11.9 Å². The molecule has 0 bridgehead atoms. The quantitative estimate of drug-likeness (QED) is 0.885. The first-order valence-electron chi connectivity index (χ1n) is 6.93. The molecule has 0 radical (unpaired) electrons. The van der Waals surface area contributed by atoms with Gasteiger partial charge in [0.15, 0.2) is 0 Å². The van der Waals surface area contributed by atoms with Crippen LogP contribution >= 0.6 is 0 Å². The van der Waals surface area contributed by atoms with E-state index >= 15 is 0 Å². The number of pyridine rings is 1. The molecule has 2 aromatic heterocycles. The van der Waals surface area contributed by atoms with E-state index in [1.54, 1.807) is 36.3 Å². The number of hydrogen-bond donors (Lipinski definition) is 1. The third-order valence-corrected chi connectivity index (χ3v) is 2.83. The van der Waals surface area contributed by atoms with E-state index in [2.05, 4.69) is 15.3 Å². The number of rotatable bonds is 6. The second-order valence-corrected chi connectivity index (χ2v) is 5.23. The smallest absolute Gasteiger partial charge is 0.253 e. The standard InChI is InChI=1S/C15H20N4O2/c1-11(2)9-21-12(3)15(20)18-13-4-5-14(17-8-13)19-7-6-16-10-19/h4-8,10-12H,9H2,1-3H3,(H,18,20)/t12-/m0/s1. The Morgan fingerprint density at radius 3 is 2.76 bits per heavy atom. The molecule has 1 amide bonds. The molecule has 0 spiro atoms. The first kappa shape index (κ1) is 15.2. The van der Waals surface area contributed by atoms with Gasteiger partial charge in [0.2, 0.25) is 0 Å². The van der Waals surface area contributed by atoms with Crippen LogP contribution in [-0.4, -0.2) is 33.2 Å². The summed E-state index contributed by atoms with van der Waals surface area (Å²) in [5.74, 6) is 0.971. The number of ether oxygens (including phenoxy) is 1. The third kappa shape index (κ3) is 4.39. The maximum atomic E-state index is 12.0. The van der Waals surface area contributed by atoms with Gasteiger partial charge in [-0.1, -0.05) is 13.8 Å². The molecule has 112 valence electrons. The topological polar surface area (TPSA) is 69.0 Å². The average molecular weight is 288 g/mol. The fourth-order valence-electron chi connectivity index (χ4n) is 1.66. The maximum Gasteiger partial charge on any atom is 0.253 e. The zero-order valence-corrected chi connectivity index (χ0v) is 12.5. The fourth-order valence-corrected chi connectivity index (χ4v) is 1.66. The molecule has 1 atom stereocenters. The molecule has 2 aromatic rings. The van der Waals surface area contributed by atoms with Gasteiger partial charge in [-0.25, -0.2) is 9.97 Å². The highest BCUT2D eigenvalue weighted by Gasteiger charge is 2.14. The lowest BCUT2D eigenvalue weighted by Gasteiger charge is -2.14. The van der Waals surface area contributed by atoms with Crippen LogP contribution in [0.2, 0.25) is 0 Å². The number of carbonyl (C=O) groups excluding carboxylic acids is 1. The monoisotopic (exact) mass is 288 g/mol. The van der Waals surface area contributed by atoms with Gasteiger partial charge in [-0.05, 0) is 25.0 Å². The van der Waals surface area contributed by atoms with Crippen LogP contribution in [0, 0.1) is 5.92 Å². The molecule has 0 aliphatic rings. The molecular weight excluding hydrogens is 268 g/mol. The first-order valence-corrected chi connectivity index (χ1v) is 6.93. The van der Waals surface area contributed by atoms with E-state index in [0.717, 1.165) is 5.82 Å². The van der Waals surface area contributed by atoms with Gasteiger partial charge in [0.25, 0.3) is 5.91 Å². The second kappa shape index (κ2) is 6.99. The van der Waals surface area contributed by atoms with E-state index in [1.165, 1.54) is 0 Å². The van der Waals surface area contributed by atoms with Crippen LogP contribution in [0.5, 0.6) is 0 Å². The molecule has 0 unspecified atom stereocenters. The molecular formula is C15H20N4O2. The molecule has 0 aromatic carbocycles. The summed E-state index contributed by atoms with van der Waals surface area (Å²) in [4.78, 5) is 20.2.